The van der Waals surface area contributed by atoms with Crippen molar-refractivity contribution in [3.8, 4) is 11.8 Å². The molecule has 2 N–H and O–H groups in total. The summed E-state index contributed by atoms with van der Waals surface area (Å²) in [5, 5.41) is 15.3. The first-order valence-corrected chi connectivity index (χ1v) is 7.43. The number of amides is 1. The number of aromatic nitrogens is 4. The molecule has 27 heavy (non-hydrogen) atoms. The van der Waals surface area contributed by atoms with E-state index in [0.29, 0.717) is 10.8 Å². The number of para-hydroxylation sites is 1. The number of hydrogen-bond donors (Lipinski definition) is 2. The van der Waals surface area contributed by atoms with Gasteiger partial charge in [0.25, 0.3) is 5.56 Å². The van der Waals surface area contributed by atoms with E-state index < -0.39 is 35.3 Å². The van der Waals surface area contributed by atoms with Crippen molar-refractivity contribution in [3.63, 3.8) is 0 Å². The number of carbonyl (C=O) groups excluding carboxylic acids is 1. The largest absolute Gasteiger partial charge is 0.328 e. The van der Waals surface area contributed by atoms with Crippen LogP contribution in [0.4, 0.5) is 14.6 Å². The van der Waals surface area contributed by atoms with Crippen LogP contribution in [0, 0.1) is 23.0 Å². The molecule has 136 valence electrons. The van der Waals surface area contributed by atoms with Crippen LogP contribution in [0.25, 0.3) is 5.69 Å². The molecule has 1 amide bonds. The molecule has 9 nitrogen and oxygen atoms in total. The van der Waals surface area contributed by atoms with E-state index >= 15 is 0 Å². The minimum atomic E-state index is -1.23. The molecule has 3 aromatic rings. The third-order valence-corrected chi connectivity index (χ3v) is 3.45. The lowest BCUT2D eigenvalue weighted by molar-refractivity contribution is -0.116. The number of aromatic amines is 1. The summed E-state index contributed by atoms with van der Waals surface area (Å²) in [6.45, 7) is -0.628. The van der Waals surface area contributed by atoms with Crippen molar-refractivity contribution in [1.82, 2.24) is 19.3 Å². The molecule has 0 unspecified atom stereocenters. The highest BCUT2D eigenvalue weighted by atomic mass is 19.1. The van der Waals surface area contributed by atoms with Crippen LogP contribution in [0.3, 0.4) is 0 Å². The minimum absolute atomic E-state index is 0.0125. The van der Waals surface area contributed by atoms with Crippen molar-refractivity contribution < 1.29 is 13.6 Å². The Labute approximate surface area is 149 Å². The lowest BCUT2D eigenvalue weighted by Gasteiger charge is -2.10. The van der Waals surface area contributed by atoms with E-state index in [1.165, 1.54) is 24.3 Å². The van der Waals surface area contributed by atoms with Crippen molar-refractivity contribution in [2.24, 2.45) is 0 Å². The van der Waals surface area contributed by atoms with E-state index in [2.05, 4.69) is 10.4 Å². The van der Waals surface area contributed by atoms with Crippen LogP contribution in [0.1, 0.15) is 5.69 Å². The first-order valence-electron chi connectivity index (χ1n) is 7.43. The smallest absolute Gasteiger partial charge is 0.309 e. The molecule has 0 aliphatic carbocycles. The number of carbonyl (C=O) groups is 1. The van der Waals surface area contributed by atoms with Crippen molar-refractivity contribution in [2.75, 3.05) is 5.32 Å². The lowest BCUT2D eigenvalue weighted by atomic mass is 10.3. The molecule has 0 fully saturated rings. The Morgan fingerprint density at radius 2 is 2.00 bits per heavy atom. The average Bonchev–Trinajstić information content (AvgIpc) is 3.02. The van der Waals surface area contributed by atoms with Gasteiger partial charge in [0.05, 0.1) is 6.20 Å². The lowest BCUT2D eigenvalue weighted by Crippen LogP contribution is -2.34. The van der Waals surface area contributed by atoms with Gasteiger partial charge in [0.2, 0.25) is 11.7 Å². The molecule has 0 atom stereocenters. The zero-order valence-electron chi connectivity index (χ0n) is 13.4. The third kappa shape index (κ3) is 3.64. The Morgan fingerprint density at radius 3 is 2.70 bits per heavy atom. The second-order valence-electron chi connectivity index (χ2n) is 5.30. The number of H-pyrrole nitrogens is 1. The molecule has 2 aromatic heterocycles. The van der Waals surface area contributed by atoms with Gasteiger partial charge in [-0.2, -0.15) is 14.8 Å². The summed E-state index contributed by atoms with van der Waals surface area (Å²) in [6, 6.07) is 8.55. The fourth-order valence-corrected chi connectivity index (χ4v) is 2.27. The summed E-state index contributed by atoms with van der Waals surface area (Å²) in [7, 11) is 0. The summed E-state index contributed by atoms with van der Waals surface area (Å²) in [5.74, 6) is -2.68. The standard InChI is InChI=1S/C16H10F2N6O3/c17-10-3-1-2-4-12(10)24-13(5-9(6-19)22-24)20-14(25)8-23-7-11(18)15(26)21-16(23)27/h1-5,7H,8H2,(H,20,25)(H,21,26,27). The van der Waals surface area contributed by atoms with E-state index in [9.17, 15) is 23.2 Å². The van der Waals surface area contributed by atoms with E-state index in [0.717, 1.165) is 4.68 Å². The van der Waals surface area contributed by atoms with Crippen LogP contribution in [0.5, 0.6) is 0 Å². The third-order valence-electron chi connectivity index (χ3n) is 3.45. The highest BCUT2D eigenvalue weighted by molar-refractivity contribution is 5.90. The van der Waals surface area contributed by atoms with E-state index in [4.69, 9.17) is 5.26 Å². The quantitative estimate of drug-likeness (QED) is 0.690. The van der Waals surface area contributed by atoms with Gasteiger partial charge in [-0.05, 0) is 12.1 Å². The Bertz CT molecular complexity index is 1190. The highest BCUT2D eigenvalue weighted by Crippen LogP contribution is 2.19. The molecular weight excluding hydrogens is 362 g/mol. The van der Waals surface area contributed by atoms with Crippen molar-refractivity contribution >= 4 is 11.7 Å². The zero-order chi connectivity index (χ0) is 19.6. The molecule has 0 bridgehead atoms. The molecule has 0 saturated carbocycles. The average molecular weight is 372 g/mol. The SMILES string of the molecule is N#Cc1cc(NC(=O)Cn2cc(F)c(=O)[nH]c2=O)n(-c2ccccc2F)n1. The van der Waals surface area contributed by atoms with Gasteiger partial charge < -0.3 is 5.32 Å². The molecule has 3 rings (SSSR count). The molecule has 0 radical (unpaired) electrons. The number of rotatable bonds is 4. The van der Waals surface area contributed by atoms with E-state index in [-0.39, 0.29) is 17.2 Å². The molecule has 1 aromatic carbocycles. The van der Waals surface area contributed by atoms with Crippen molar-refractivity contribution in [2.45, 2.75) is 6.54 Å². The van der Waals surface area contributed by atoms with Gasteiger partial charge in [-0.15, -0.1) is 0 Å². The molecule has 0 spiro atoms. The molecule has 0 aliphatic heterocycles. The normalized spacial score (nSPS) is 10.4. The van der Waals surface area contributed by atoms with Crippen LogP contribution in [-0.2, 0) is 11.3 Å². The molecular formula is C16H10F2N6O3. The number of nitrogens with zero attached hydrogens (tertiary/aromatic N) is 4. The summed E-state index contributed by atoms with van der Waals surface area (Å²) >= 11 is 0. The molecule has 0 saturated heterocycles. The monoisotopic (exact) mass is 372 g/mol. The fraction of sp³-hybridized carbons (Fsp3) is 0.0625. The predicted octanol–water partition coefficient (Wildman–Crippen LogP) is 0.511. The van der Waals surface area contributed by atoms with E-state index in [1.807, 2.05) is 0 Å². The van der Waals surface area contributed by atoms with Gasteiger partial charge in [-0.25, -0.2) is 13.9 Å². The van der Waals surface area contributed by atoms with Gasteiger partial charge in [0, 0.05) is 6.07 Å². The van der Waals surface area contributed by atoms with Crippen LogP contribution in [0.2, 0.25) is 0 Å². The minimum Gasteiger partial charge on any atom is -0.309 e. The van der Waals surface area contributed by atoms with Crippen LogP contribution < -0.4 is 16.6 Å². The van der Waals surface area contributed by atoms with E-state index in [1.54, 1.807) is 17.1 Å². The first kappa shape index (κ1) is 17.7. The van der Waals surface area contributed by atoms with Crippen molar-refractivity contribution in [3.05, 3.63) is 74.7 Å². The Balaban J connectivity index is 1.91. The van der Waals surface area contributed by atoms with Crippen molar-refractivity contribution in [1.29, 1.82) is 5.26 Å². The molecule has 2 heterocycles. The number of anilines is 1. The van der Waals surface area contributed by atoms with Crippen LogP contribution in [0.15, 0.2) is 46.1 Å². The predicted molar refractivity (Wildman–Crippen MR) is 88.1 cm³/mol. The number of nitrogens with one attached hydrogen (secondary N) is 2. The summed E-state index contributed by atoms with van der Waals surface area (Å²) < 4.78 is 29.0. The van der Waals surface area contributed by atoms with Crippen LogP contribution >= 0.6 is 0 Å². The Hall–Kier alpha value is -4.07. The number of hydrogen-bond acceptors (Lipinski definition) is 5. The van der Waals surface area contributed by atoms with Gasteiger partial charge in [0.1, 0.15) is 29.9 Å². The summed E-state index contributed by atoms with van der Waals surface area (Å²) in [5.41, 5.74) is -2.27. The fourth-order valence-electron chi connectivity index (χ4n) is 2.27. The number of halogens is 2. The zero-order valence-corrected chi connectivity index (χ0v) is 13.4. The second kappa shape index (κ2) is 7.04. The first-order chi connectivity index (χ1) is 12.9. The topological polar surface area (TPSA) is 126 Å². The van der Waals surface area contributed by atoms with Gasteiger partial charge in [-0.1, -0.05) is 12.1 Å². The Kier molecular flexibility index (Phi) is 4.63. The van der Waals surface area contributed by atoms with Gasteiger partial charge in [-0.3, -0.25) is 19.1 Å². The maximum Gasteiger partial charge on any atom is 0.328 e. The maximum absolute atomic E-state index is 14.0. The van der Waals surface area contributed by atoms with Gasteiger partial charge in [0.15, 0.2) is 5.69 Å². The second-order valence-corrected chi connectivity index (χ2v) is 5.30. The molecule has 0 aliphatic rings. The summed E-state index contributed by atoms with van der Waals surface area (Å²) in [6.07, 6.45) is 0.593. The highest BCUT2D eigenvalue weighted by Gasteiger charge is 2.16. The van der Waals surface area contributed by atoms with Gasteiger partial charge >= 0.3 is 5.69 Å². The summed E-state index contributed by atoms with van der Waals surface area (Å²) in [4.78, 5) is 36.5. The molecule has 11 heteroatoms. The van der Waals surface area contributed by atoms with Crippen LogP contribution in [-0.4, -0.2) is 25.2 Å². The number of nitriles is 1. The Morgan fingerprint density at radius 1 is 1.26 bits per heavy atom. The maximum atomic E-state index is 14.0. The number of benzene rings is 1.